The minimum absolute atomic E-state index is 0. The molecule has 0 fully saturated rings. The summed E-state index contributed by atoms with van der Waals surface area (Å²) in [6.45, 7) is 5.50. The Labute approximate surface area is 237 Å². The van der Waals surface area contributed by atoms with Gasteiger partial charge in [-0.1, -0.05) is 12.1 Å². The number of nitrogens with one attached hydrogen (secondary N) is 2. The molecule has 0 bridgehead atoms. The summed E-state index contributed by atoms with van der Waals surface area (Å²) in [6.07, 6.45) is 0.280. The smallest absolute Gasteiger partial charge is 0.748 e. The maximum atomic E-state index is 12.1. The molecule has 0 unspecified atom stereocenters. The second kappa shape index (κ2) is 14.0. The van der Waals surface area contributed by atoms with Gasteiger partial charge in [-0.2, -0.15) is 0 Å². The molecule has 0 aliphatic carbocycles. The molecule has 9 nitrogen and oxygen atoms in total. The predicted octanol–water partition coefficient (Wildman–Crippen LogP) is -1.42. The van der Waals surface area contributed by atoms with Gasteiger partial charge >= 0.3 is 75.0 Å². The van der Waals surface area contributed by atoms with E-state index in [0.717, 1.165) is 5.56 Å². The number of rotatable bonds is 10. The Morgan fingerprint density at radius 1 is 1.13 bits per heavy atom. The molecular formula is C19H29CsN2O7S. The standard InChI is InChI=1S/C19H30N2O7S.Cs/c1-19(2,3)28-18(23)21-16(17(22)20-4)13-14-7-9-15(10-8-14)27-11-5-6-12-29(24,25)26;/h7-10,16H,5-6,11-13H2,1-4H3,(H,20,22)(H,21,23)(H,24,25,26);/q;+1/p-1/t16-;/m0./s1. The zero-order chi connectivity index (χ0) is 22.1. The maximum Gasteiger partial charge on any atom is 1.00 e. The van der Waals surface area contributed by atoms with Crippen molar-refractivity contribution < 1.29 is 101 Å². The molecule has 0 aliphatic rings. The third-order valence-corrected chi connectivity index (χ3v) is 4.46. The minimum Gasteiger partial charge on any atom is -0.748 e. The third-order valence-electron chi connectivity index (χ3n) is 3.67. The molecule has 2 amide bonds. The maximum absolute atomic E-state index is 12.1. The van der Waals surface area contributed by atoms with E-state index < -0.39 is 33.6 Å². The molecule has 1 aromatic carbocycles. The Morgan fingerprint density at radius 3 is 2.23 bits per heavy atom. The predicted molar refractivity (Wildman–Crippen MR) is 107 cm³/mol. The molecule has 0 aromatic heterocycles. The molecule has 0 spiro atoms. The van der Waals surface area contributed by atoms with Gasteiger partial charge in [-0.15, -0.1) is 0 Å². The first kappa shape index (κ1) is 29.7. The van der Waals surface area contributed by atoms with E-state index in [1.165, 1.54) is 7.05 Å². The average molecular weight is 562 g/mol. The number of carbonyl (C=O) groups is 2. The van der Waals surface area contributed by atoms with Gasteiger partial charge in [0.15, 0.2) is 0 Å². The third kappa shape index (κ3) is 13.9. The van der Waals surface area contributed by atoms with E-state index in [9.17, 15) is 22.6 Å². The van der Waals surface area contributed by atoms with E-state index in [0.29, 0.717) is 12.2 Å². The van der Waals surface area contributed by atoms with Gasteiger partial charge in [0.25, 0.3) is 0 Å². The first-order chi connectivity index (χ1) is 13.4. The van der Waals surface area contributed by atoms with Crippen LogP contribution < -0.4 is 84.3 Å². The zero-order valence-corrected chi connectivity index (χ0v) is 25.3. The van der Waals surface area contributed by atoms with Gasteiger partial charge in [-0.05, 0) is 51.3 Å². The van der Waals surface area contributed by atoms with Crippen LogP contribution >= 0.6 is 0 Å². The molecule has 0 saturated carbocycles. The number of benzene rings is 1. The van der Waals surface area contributed by atoms with E-state index in [1.54, 1.807) is 45.0 Å². The van der Waals surface area contributed by atoms with E-state index >= 15 is 0 Å². The van der Waals surface area contributed by atoms with Gasteiger partial charge < -0.3 is 24.7 Å². The van der Waals surface area contributed by atoms with E-state index in [1.807, 2.05) is 0 Å². The molecule has 0 heterocycles. The second-order valence-electron chi connectivity index (χ2n) is 7.48. The van der Waals surface area contributed by atoms with Crippen LogP contribution in [0, 0.1) is 0 Å². The average Bonchev–Trinajstić information content (AvgIpc) is 2.59. The number of hydrogen-bond donors (Lipinski definition) is 2. The van der Waals surface area contributed by atoms with Crippen molar-refractivity contribution in [2.24, 2.45) is 0 Å². The molecular weight excluding hydrogens is 533 g/mol. The normalized spacial score (nSPS) is 12.3. The van der Waals surface area contributed by atoms with Crippen molar-refractivity contribution in [3.63, 3.8) is 0 Å². The number of unbranched alkanes of at least 4 members (excludes halogenated alkanes) is 1. The molecule has 1 rings (SSSR count). The number of ether oxygens (including phenoxy) is 2. The van der Waals surface area contributed by atoms with Gasteiger partial charge in [0.2, 0.25) is 5.91 Å². The number of amides is 2. The summed E-state index contributed by atoms with van der Waals surface area (Å²) >= 11 is 0. The topological polar surface area (TPSA) is 134 Å². The van der Waals surface area contributed by atoms with Crippen LogP contribution in [0.5, 0.6) is 5.75 Å². The number of hydrogen-bond acceptors (Lipinski definition) is 7. The Bertz CT molecular complexity index is 777. The van der Waals surface area contributed by atoms with Crippen molar-refractivity contribution in [3.8, 4) is 5.75 Å². The quantitative estimate of drug-likeness (QED) is 0.264. The van der Waals surface area contributed by atoms with Crippen molar-refractivity contribution in [3.05, 3.63) is 29.8 Å². The first-order valence-corrected chi connectivity index (χ1v) is 10.8. The Balaban J connectivity index is 0.00000841. The summed E-state index contributed by atoms with van der Waals surface area (Å²) in [5.41, 5.74) is 0.133. The number of likely N-dealkylation sites (N-methyl/N-ethyl adjacent to an activating group) is 1. The summed E-state index contributed by atoms with van der Waals surface area (Å²) in [5.74, 6) is -0.166. The first-order valence-electron chi connectivity index (χ1n) is 9.26. The molecule has 30 heavy (non-hydrogen) atoms. The molecule has 0 saturated heterocycles. The van der Waals surface area contributed by atoms with Crippen LogP contribution in [0.2, 0.25) is 0 Å². The van der Waals surface area contributed by atoms with Gasteiger partial charge in [0, 0.05) is 19.2 Å². The second-order valence-corrected chi connectivity index (χ2v) is 9.00. The number of alkyl carbamates (subject to hydrolysis) is 1. The van der Waals surface area contributed by atoms with Crippen LogP contribution in [-0.2, 0) is 26.1 Å². The van der Waals surface area contributed by atoms with Gasteiger partial charge in [-0.25, -0.2) is 13.2 Å². The summed E-state index contributed by atoms with van der Waals surface area (Å²) in [7, 11) is -2.70. The van der Waals surface area contributed by atoms with Crippen LogP contribution in [0.4, 0.5) is 4.79 Å². The van der Waals surface area contributed by atoms with Gasteiger partial charge in [-0.3, -0.25) is 4.79 Å². The van der Waals surface area contributed by atoms with Crippen molar-refractivity contribution in [1.82, 2.24) is 10.6 Å². The van der Waals surface area contributed by atoms with Crippen LogP contribution in [-0.4, -0.2) is 56.0 Å². The Kier molecular flexibility index (Phi) is 13.9. The Hall–Kier alpha value is -0.278. The van der Waals surface area contributed by atoms with Crippen LogP contribution in [0.1, 0.15) is 39.2 Å². The summed E-state index contributed by atoms with van der Waals surface area (Å²) in [4.78, 5) is 24.1. The molecule has 2 N–H and O–H groups in total. The summed E-state index contributed by atoms with van der Waals surface area (Å²) in [5, 5.41) is 5.09. The monoisotopic (exact) mass is 562 g/mol. The summed E-state index contributed by atoms with van der Waals surface area (Å²) < 4.78 is 42.3. The van der Waals surface area contributed by atoms with Crippen molar-refractivity contribution in [2.75, 3.05) is 19.4 Å². The van der Waals surface area contributed by atoms with Crippen molar-refractivity contribution in [2.45, 2.75) is 51.7 Å². The number of carbonyl (C=O) groups excluding carboxylic acids is 2. The SMILES string of the molecule is CNC(=O)[C@H](Cc1ccc(OCCCCS(=O)(=O)[O-])cc1)NC(=O)OC(C)(C)C.[Cs+]. The largest absolute Gasteiger partial charge is 1.00 e. The minimum atomic E-state index is -4.19. The molecule has 0 aliphatic heterocycles. The summed E-state index contributed by atoms with van der Waals surface area (Å²) in [6, 6.07) is 6.17. The van der Waals surface area contributed by atoms with Crippen LogP contribution in [0.15, 0.2) is 24.3 Å². The zero-order valence-electron chi connectivity index (χ0n) is 18.2. The fraction of sp³-hybridized carbons (Fsp3) is 0.579. The molecule has 1 aromatic rings. The van der Waals surface area contributed by atoms with E-state index in [4.69, 9.17) is 9.47 Å². The van der Waals surface area contributed by atoms with Gasteiger partial charge in [0.1, 0.15) is 17.4 Å². The van der Waals surface area contributed by atoms with Gasteiger partial charge in [0.05, 0.1) is 16.7 Å². The molecule has 164 valence electrons. The molecule has 1 atom stereocenters. The molecule has 0 radical (unpaired) electrons. The fourth-order valence-electron chi connectivity index (χ4n) is 2.36. The van der Waals surface area contributed by atoms with Crippen LogP contribution in [0.3, 0.4) is 0 Å². The Morgan fingerprint density at radius 2 is 1.73 bits per heavy atom. The van der Waals surface area contributed by atoms with Crippen molar-refractivity contribution in [1.29, 1.82) is 0 Å². The van der Waals surface area contributed by atoms with E-state index in [-0.39, 0.29) is 94.2 Å². The van der Waals surface area contributed by atoms with E-state index in [2.05, 4.69) is 10.6 Å². The van der Waals surface area contributed by atoms with Crippen molar-refractivity contribution >= 4 is 22.1 Å². The molecule has 11 heteroatoms. The fourth-order valence-corrected chi connectivity index (χ4v) is 2.92. The van der Waals surface area contributed by atoms with Crippen LogP contribution in [0.25, 0.3) is 0 Å².